The van der Waals surface area contributed by atoms with Crippen molar-refractivity contribution < 1.29 is 24.2 Å². The molecule has 1 saturated heterocycles. The second-order valence-electron chi connectivity index (χ2n) is 8.45. The molecular weight excluding hydrogens is 392 g/mol. The van der Waals surface area contributed by atoms with Crippen molar-refractivity contribution in [3.63, 3.8) is 0 Å². The Balaban J connectivity index is 2.04. The first-order valence-corrected chi connectivity index (χ1v) is 10.7. The Morgan fingerprint density at radius 2 is 1.97 bits per heavy atom. The Kier molecular flexibility index (Phi) is 6.11. The Labute approximate surface area is 177 Å². The van der Waals surface area contributed by atoms with E-state index in [4.69, 9.17) is 21.1 Å². The maximum atomic E-state index is 13.1. The molecule has 158 valence electrons. The fourth-order valence-corrected chi connectivity index (χ4v) is 4.49. The lowest BCUT2D eigenvalue weighted by Gasteiger charge is -2.38. The average Bonchev–Trinajstić information content (AvgIpc) is 3.00. The molecule has 0 bridgehead atoms. The van der Waals surface area contributed by atoms with Crippen LogP contribution in [0.5, 0.6) is 0 Å². The van der Waals surface area contributed by atoms with Crippen molar-refractivity contribution in [2.45, 2.75) is 59.2 Å². The smallest absolute Gasteiger partial charge is 0.313 e. The molecule has 0 radical (unpaired) electrons. The quantitative estimate of drug-likeness (QED) is 0.644. The predicted molar refractivity (Wildman–Crippen MR) is 111 cm³/mol. The van der Waals surface area contributed by atoms with E-state index in [1.165, 1.54) is 0 Å². The number of Topliss-reactive ketones (excluding diaryl/α,β-unsaturated/α-hetero) is 1. The van der Waals surface area contributed by atoms with E-state index in [1.54, 1.807) is 19.3 Å². The van der Waals surface area contributed by atoms with Gasteiger partial charge in [0.1, 0.15) is 5.76 Å². The molecule has 1 fully saturated rings. The molecule has 3 rings (SSSR count). The molecule has 2 aliphatic heterocycles. The number of allylic oxidation sites excluding steroid dienone is 4. The molecule has 6 heteroatoms. The third kappa shape index (κ3) is 3.59. The second-order valence-corrected chi connectivity index (χ2v) is 8.82. The van der Waals surface area contributed by atoms with E-state index in [1.807, 2.05) is 26.0 Å². The summed E-state index contributed by atoms with van der Waals surface area (Å²) in [7, 11) is 0. The standard InChI is InChI=1S/C23H29ClO5/c1-6-12(3)8-9-14-10-15-16(11-28-14)18-17(20(25)13(4)7-2)22(27)29-23(18,5)21(26)19(15)24/h8-13,17-18,20,25H,6-7H2,1-5H3/t12-,13-,17-,18+,20+,23+/m0/s1. The van der Waals surface area contributed by atoms with Crippen LogP contribution in [0.1, 0.15) is 47.5 Å². The van der Waals surface area contributed by atoms with E-state index >= 15 is 0 Å². The number of fused-ring (bicyclic) bond motifs is 3. The van der Waals surface area contributed by atoms with Crippen LogP contribution < -0.4 is 0 Å². The highest BCUT2D eigenvalue weighted by atomic mass is 35.5. The van der Waals surface area contributed by atoms with Gasteiger partial charge in [-0.2, -0.15) is 0 Å². The van der Waals surface area contributed by atoms with E-state index in [-0.39, 0.29) is 11.0 Å². The maximum absolute atomic E-state index is 13.1. The largest absolute Gasteiger partial charge is 0.465 e. The summed E-state index contributed by atoms with van der Waals surface area (Å²) < 4.78 is 11.3. The Hall–Kier alpha value is -1.85. The van der Waals surface area contributed by atoms with Crippen molar-refractivity contribution in [3.05, 3.63) is 46.4 Å². The molecule has 1 aliphatic carbocycles. The molecule has 0 aromatic rings. The van der Waals surface area contributed by atoms with Crippen LogP contribution in [0, 0.1) is 23.7 Å². The van der Waals surface area contributed by atoms with Crippen LogP contribution in [0.3, 0.4) is 0 Å². The average molecular weight is 421 g/mol. The number of aliphatic hydroxyl groups excluding tert-OH is 1. The van der Waals surface area contributed by atoms with Gasteiger partial charge in [-0.1, -0.05) is 58.2 Å². The van der Waals surface area contributed by atoms with Crippen molar-refractivity contribution in [3.8, 4) is 0 Å². The zero-order valence-corrected chi connectivity index (χ0v) is 18.3. The van der Waals surface area contributed by atoms with Crippen molar-refractivity contribution in [2.24, 2.45) is 23.7 Å². The number of aliphatic hydroxyl groups is 1. The summed E-state index contributed by atoms with van der Waals surface area (Å²) in [4.78, 5) is 25.8. The lowest BCUT2D eigenvalue weighted by molar-refractivity contribution is -0.157. The van der Waals surface area contributed by atoms with Crippen LogP contribution in [0.4, 0.5) is 0 Å². The molecular formula is C23H29ClO5. The van der Waals surface area contributed by atoms with Gasteiger partial charge < -0.3 is 14.6 Å². The third-order valence-electron chi connectivity index (χ3n) is 6.51. The van der Waals surface area contributed by atoms with Crippen molar-refractivity contribution in [1.29, 1.82) is 0 Å². The fraction of sp³-hybridized carbons (Fsp3) is 0.565. The molecule has 0 spiro atoms. The summed E-state index contributed by atoms with van der Waals surface area (Å²) >= 11 is 6.43. The minimum atomic E-state index is -1.44. The first-order valence-electron chi connectivity index (χ1n) is 10.3. The SMILES string of the molecule is CC[C@H](C)C=CC1=CC2=C(Cl)C(=O)[C@]3(C)OC(=O)[C@H]([C@H](O)[C@@H](C)CC)[C@H]3C2=CO1. The molecule has 0 aromatic carbocycles. The number of carbonyl (C=O) groups is 2. The predicted octanol–water partition coefficient (Wildman–Crippen LogP) is 4.42. The van der Waals surface area contributed by atoms with Gasteiger partial charge in [-0.15, -0.1) is 0 Å². The third-order valence-corrected chi connectivity index (χ3v) is 6.88. The van der Waals surface area contributed by atoms with E-state index in [0.717, 1.165) is 6.42 Å². The number of ketones is 1. The molecule has 0 unspecified atom stereocenters. The van der Waals surface area contributed by atoms with Gasteiger partial charge in [0.2, 0.25) is 5.78 Å². The molecule has 2 heterocycles. The highest BCUT2D eigenvalue weighted by Crippen LogP contribution is 2.53. The van der Waals surface area contributed by atoms with Crippen LogP contribution in [0.15, 0.2) is 46.4 Å². The molecule has 6 atom stereocenters. The summed E-state index contributed by atoms with van der Waals surface area (Å²) in [6.45, 7) is 9.60. The summed E-state index contributed by atoms with van der Waals surface area (Å²) in [5, 5.41) is 10.9. The molecule has 3 aliphatic rings. The number of hydrogen-bond acceptors (Lipinski definition) is 5. The normalized spacial score (nSPS) is 32.1. The van der Waals surface area contributed by atoms with Crippen molar-refractivity contribution >= 4 is 23.4 Å². The molecule has 0 amide bonds. The minimum Gasteiger partial charge on any atom is -0.465 e. The summed E-state index contributed by atoms with van der Waals surface area (Å²) in [6, 6.07) is 0. The van der Waals surface area contributed by atoms with E-state index < -0.39 is 35.3 Å². The molecule has 0 saturated carbocycles. The van der Waals surface area contributed by atoms with Crippen molar-refractivity contribution in [2.75, 3.05) is 0 Å². The number of ether oxygens (including phenoxy) is 2. The van der Waals surface area contributed by atoms with Crippen LogP contribution in [0.25, 0.3) is 0 Å². The van der Waals surface area contributed by atoms with Gasteiger partial charge in [0, 0.05) is 11.1 Å². The number of esters is 1. The molecule has 29 heavy (non-hydrogen) atoms. The Bertz CT molecular complexity index is 836. The lowest BCUT2D eigenvalue weighted by atomic mass is 9.66. The van der Waals surface area contributed by atoms with Crippen LogP contribution in [0.2, 0.25) is 0 Å². The topological polar surface area (TPSA) is 72.8 Å². The van der Waals surface area contributed by atoms with E-state index in [2.05, 4.69) is 13.8 Å². The highest BCUT2D eigenvalue weighted by Gasteiger charge is 2.64. The fourth-order valence-electron chi connectivity index (χ4n) is 4.14. The zero-order chi connectivity index (χ0) is 21.5. The summed E-state index contributed by atoms with van der Waals surface area (Å²) in [6.07, 6.45) is 7.94. The van der Waals surface area contributed by atoms with Gasteiger partial charge in [0.05, 0.1) is 29.2 Å². The van der Waals surface area contributed by atoms with Gasteiger partial charge in [-0.25, -0.2) is 0 Å². The Morgan fingerprint density at radius 3 is 2.59 bits per heavy atom. The maximum Gasteiger partial charge on any atom is 0.313 e. The number of carbonyl (C=O) groups excluding carboxylic acids is 2. The van der Waals surface area contributed by atoms with Crippen LogP contribution >= 0.6 is 11.6 Å². The van der Waals surface area contributed by atoms with Gasteiger partial charge in [-0.05, 0) is 30.9 Å². The molecule has 5 nitrogen and oxygen atoms in total. The number of hydrogen-bond donors (Lipinski definition) is 1. The lowest BCUT2D eigenvalue weighted by Crippen LogP contribution is -2.49. The summed E-state index contributed by atoms with van der Waals surface area (Å²) in [5.74, 6) is -1.67. The van der Waals surface area contributed by atoms with Crippen molar-refractivity contribution in [1.82, 2.24) is 0 Å². The number of halogens is 1. The minimum absolute atomic E-state index is 0.0271. The van der Waals surface area contributed by atoms with Gasteiger partial charge in [0.25, 0.3) is 0 Å². The van der Waals surface area contributed by atoms with Gasteiger partial charge >= 0.3 is 5.97 Å². The van der Waals surface area contributed by atoms with Crippen LogP contribution in [-0.4, -0.2) is 28.6 Å². The van der Waals surface area contributed by atoms with E-state index in [0.29, 0.717) is 29.2 Å². The van der Waals surface area contributed by atoms with Gasteiger partial charge in [0.15, 0.2) is 5.60 Å². The first kappa shape index (κ1) is 21.8. The second kappa shape index (κ2) is 8.11. The van der Waals surface area contributed by atoms with Crippen LogP contribution in [-0.2, 0) is 19.1 Å². The monoisotopic (exact) mass is 420 g/mol. The Morgan fingerprint density at radius 1 is 1.28 bits per heavy atom. The molecule has 0 aromatic heterocycles. The van der Waals surface area contributed by atoms with Gasteiger partial charge in [-0.3, -0.25) is 9.59 Å². The summed E-state index contributed by atoms with van der Waals surface area (Å²) in [5.41, 5.74) is -0.283. The highest BCUT2D eigenvalue weighted by molar-refractivity contribution is 6.45. The molecule has 1 N–H and O–H groups in total. The van der Waals surface area contributed by atoms with E-state index in [9.17, 15) is 14.7 Å². The zero-order valence-electron chi connectivity index (χ0n) is 17.6. The number of rotatable bonds is 6. The first-order chi connectivity index (χ1) is 13.7.